The number of fused-ring (bicyclic) bond motifs is 3. The first-order chi connectivity index (χ1) is 15.1. The molecule has 10 heteroatoms. The van der Waals surface area contributed by atoms with Crippen molar-refractivity contribution in [2.75, 3.05) is 19.0 Å². The summed E-state index contributed by atoms with van der Waals surface area (Å²) in [4.78, 5) is 25.2. The maximum Gasteiger partial charge on any atom is 0.252 e. The molecule has 2 amide bonds. The number of carbonyl (C=O) groups excluding carboxylic acids is 2. The van der Waals surface area contributed by atoms with E-state index in [1.54, 1.807) is 45.9 Å². The van der Waals surface area contributed by atoms with E-state index in [-0.39, 0.29) is 18.9 Å². The molecule has 0 aliphatic carbocycles. The number of rotatable bonds is 6. The molecular weight excluding hydrogens is 420 g/mol. The minimum atomic E-state index is -0.960. The summed E-state index contributed by atoms with van der Waals surface area (Å²) in [7, 11) is 1.53. The van der Waals surface area contributed by atoms with Crippen LogP contribution in [0.25, 0.3) is 0 Å². The van der Waals surface area contributed by atoms with Gasteiger partial charge < -0.3 is 39.1 Å². The Morgan fingerprint density at radius 1 is 0.969 bits per heavy atom. The van der Waals surface area contributed by atoms with Gasteiger partial charge in [-0.2, -0.15) is 0 Å². The van der Waals surface area contributed by atoms with Crippen molar-refractivity contribution in [3.05, 3.63) is 24.3 Å². The van der Waals surface area contributed by atoms with Crippen LogP contribution in [0.5, 0.6) is 5.75 Å². The van der Waals surface area contributed by atoms with Crippen molar-refractivity contribution in [1.82, 2.24) is 5.32 Å². The van der Waals surface area contributed by atoms with Gasteiger partial charge in [0.2, 0.25) is 5.91 Å². The molecule has 0 spiro atoms. The van der Waals surface area contributed by atoms with Crippen molar-refractivity contribution >= 4 is 17.5 Å². The third-order valence-corrected chi connectivity index (χ3v) is 5.45. The molecule has 3 saturated heterocycles. The monoisotopic (exact) mass is 450 g/mol. The summed E-state index contributed by atoms with van der Waals surface area (Å²) in [5.74, 6) is -1.86. The summed E-state index contributed by atoms with van der Waals surface area (Å²) in [5, 5.41) is 5.52. The van der Waals surface area contributed by atoms with E-state index in [0.717, 1.165) is 0 Å². The second-order valence-electron chi connectivity index (χ2n) is 8.88. The van der Waals surface area contributed by atoms with Gasteiger partial charge in [0, 0.05) is 13.0 Å². The van der Waals surface area contributed by atoms with Gasteiger partial charge in [0.1, 0.15) is 24.1 Å². The van der Waals surface area contributed by atoms with E-state index < -0.39 is 48.2 Å². The van der Waals surface area contributed by atoms with Crippen molar-refractivity contribution in [3.8, 4) is 5.75 Å². The van der Waals surface area contributed by atoms with Crippen molar-refractivity contribution in [3.63, 3.8) is 0 Å². The van der Waals surface area contributed by atoms with Crippen LogP contribution in [-0.4, -0.2) is 67.7 Å². The molecule has 0 unspecified atom stereocenters. The topological polar surface area (TPSA) is 114 Å². The van der Waals surface area contributed by atoms with Gasteiger partial charge in [0.15, 0.2) is 24.0 Å². The molecule has 1 aromatic carbocycles. The van der Waals surface area contributed by atoms with Crippen molar-refractivity contribution in [1.29, 1.82) is 0 Å². The fourth-order valence-corrected chi connectivity index (χ4v) is 4.18. The molecule has 10 nitrogen and oxygen atoms in total. The van der Waals surface area contributed by atoms with E-state index in [0.29, 0.717) is 11.4 Å². The highest BCUT2D eigenvalue weighted by Gasteiger charge is 2.62. The van der Waals surface area contributed by atoms with Crippen LogP contribution in [0, 0.1) is 0 Å². The fraction of sp³-hybridized carbons (Fsp3) is 0.636. The zero-order valence-electron chi connectivity index (χ0n) is 18.9. The third-order valence-electron chi connectivity index (χ3n) is 5.45. The lowest BCUT2D eigenvalue weighted by atomic mass is 9.98. The Morgan fingerprint density at radius 2 is 1.62 bits per heavy atom. The van der Waals surface area contributed by atoms with E-state index in [1.165, 1.54) is 7.11 Å². The first kappa shape index (κ1) is 22.9. The number of hydrogen-bond acceptors (Lipinski definition) is 8. The van der Waals surface area contributed by atoms with Gasteiger partial charge in [-0.05, 0) is 39.8 Å². The number of nitrogens with one attached hydrogen (secondary N) is 2. The highest BCUT2D eigenvalue weighted by Crippen LogP contribution is 2.44. The zero-order chi connectivity index (χ0) is 23.1. The smallest absolute Gasteiger partial charge is 0.252 e. The lowest BCUT2D eigenvalue weighted by molar-refractivity contribution is -0.231. The summed E-state index contributed by atoms with van der Waals surface area (Å²) in [6.07, 6.45) is -3.33. The number of carbonyl (C=O) groups is 2. The maximum atomic E-state index is 12.9. The van der Waals surface area contributed by atoms with E-state index in [9.17, 15) is 9.59 Å². The van der Waals surface area contributed by atoms with E-state index in [2.05, 4.69) is 10.6 Å². The standard InChI is InChI=1S/C22H30N2O8/c1-21(2)29-15-16(30-21)18-20(32-22(3,4)31-18)28-17(15)19(26)23-11-10-14(25)24-12-8-6-7-9-13(12)27-5/h6-9,15-18,20H,10-11H2,1-5H3,(H,23,26)(H,24,25)/t15-,16+,17+,18+,20+/m0/s1. The Kier molecular flexibility index (Phi) is 6.17. The molecule has 0 bridgehead atoms. The van der Waals surface area contributed by atoms with Crippen LogP contribution in [0.4, 0.5) is 5.69 Å². The zero-order valence-corrected chi connectivity index (χ0v) is 18.9. The second-order valence-corrected chi connectivity index (χ2v) is 8.88. The van der Waals surface area contributed by atoms with Gasteiger partial charge in [-0.3, -0.25) is 9.59 Å². The van der Waals surface area contributed by atoms with Crippen LogP contribution in [0.3, 0.4) is 0 Å². The van der Waals surface area contributed by atoms with Crippen molar-refractivity contribution in [2.24, 2.45) is 0 Å². The molecule has 3 aliphatic rings. The molecule has 3 aliphatic heterocycles. The Bertz CT molecular complexity index is 873. The lowest BCUT2D eigenvalue weighted by Crippen LogP contribution is -2.59. The van der Waals surface area contributed by atoms with E-state index >= 15 is 0 Å². The molecule has 0 radical (unpaired) electrons. The first-order valence-electron chi connectivity index (χ1n) is 10.7. The summed E-state index contributed by atoms with van der Waals surface area (Å²) in [6, 6.07) is 7.10. The summed E-state index contributed by atoms with van der Waals surface area (Å²) < 4.78 is 34.8. The fourth-order valence-electron chi connectivity index (χ4n) is 4.18. The molecule has 3 heterocycles. The minimum Gasteiger partial charge on any atom is -0.495 e. The van der Waals surface area contributed by atoms with Crippen molar-refractivity contribution < 1.29 is 38.0 Å². The van der Waals surface area contributed by atoms with Crippen LogP contribution in [0.1, 0.15) is 34.1 Å². The van der Waals surface area contributed by atoms with Crippen LogP contribution >= 0.6 is 0 Å². The van der Waals surface area contributed by atoms with Gasteiger partial charge in [-0.15, -0.1) is 0 Å². The Balaban J connectivity index is 1.35. The molecular formula is C22H30N2O8. The molecule has 0 saturated carbocycles. The number of hydrogen-bond donors (Lipinski definition) is 2. The quantitative estimate of drug-likeness (QED) is 0.671. The molecule has 4 rings (SSSR count). The third kappa shape index (κ3) is 4.74. The Hall–Kier alpha value is -2.24. The normalized spacial score (nSPS) is 32.0. The molecule has 0 aromatic heterocycles. The number of para-hydroxylation sites is 2. The van der Waals surface area contributed by atoms with Gasteiger partial charge in [-0.1, -0.05) is 12.1 Å². The average Bonchev–Trinajstić information content (AvgIpc) is 3.21. The van der Waals surface area contributed by atoms with Crippen LogP contribution in [0.2, 0.25) is 0 Å². The number of anilines is 1. The number of ether oxygens (including phenoxy) is 6. The van der Waals surface area contributed by atoms with Gasteiger partial charge >= 0.3 is 0 Å². The SMILES string of the molecule is COc1ccccc1NC(=O)CCNC(=O)[C@@H]1O[C@@H]2OC(C)(C)O[C@@H]2[C@@H]2OC(C)(C)O[C@@H]21. The van der Waals surface area contributed by atoms with Crippen molar-refractivity contribution in [2.45, 2.75) is 76.4 Å². The van der Waals surface area contributed by atoms with Crippen LogP contribution in [0.15, 0.2) is 24.3 Å². The van der Waals surface area contributed by atoms with Gasteiger partial charge in [0.05, 0.1) is 12.8 Å². The molecule has 32 heavy (non-hydrogen) atoms. The predicted octanol–water partition coefficient (Wildman–Crippen LogP) is 1.54. The summed E-state index contributed by atoms with van der Waals surface area (Å²) >= 11 is 0. The highest BCUT2D eigenvalue weighted by molar-refractivity contribution is 5.92. The predicted molar refractivity (Wildman–Crippen MR) is 112 cm³/mol. The summed E-state index contributed by atoms with van der Waals surface area (Å²) in [6.45, 7) is 7.23. The van der Waals surface area contributed by atoms with Crippen LogP contribution in [-0.2, 0) is 33.3 Å². The highest BCUT2D eigenvalue weighted by atomic mass is 16.9. The second kappa shape index (κ2) is 8.60. The number of amides is 2. The van der Waals surface area contributed by atoms with Gasteiger partial charge in [-0.25, -0.2) is 0 Å². The Labute approximate surface area is 186 Å². The molecule has 1 aromatic rings. The molecule has 5 atom stereocenters. The van der Waals surface area contributed by atoms with Gasteiger partial charge in [0.25, 0.3) is 5.91 Å². The largest absolute Gasteiger partial charge is 0.495 e. The molecule has 2 N–H and O–H groups in total. The minimum absolute atomic E-state index is 0.0755. The molecule has 3 fully saturated rings. The first-order valence-corrected chi connectivity index (χ1v) is 10.7. The average molecular weight is 450 g/mol. The Morgan fingerprint density at radius 3 is 2.38 bits per heavy atom. The summed E-state index contributed by atoms with van der Waals surface area (Å²) in [5.41, 5.74) is 0.565. The lowest BCUT2D eigenvalue weighted by Gasteiger charge is -2.36. The number of benzene rings is 1. The van der Waals surface area contributed by atoms with E-state index in [1.807, 2.05) is 6.07 Å². The van der Waals surface area contributed by atoms with E-state index in [4.69, 9.17) is 28.4 Å². The maximum absolute atomic E-state index is 12.9. The number of methoxy groups -OCH3 is 1. The van der Waals surface area contributed by atoms with Crippen LogP contribution < -0.4 is 15.4 Å². The molecule has 176 valence electrons.